The fraction of sp³-hybridized carbons (Fsp3) is 0.222. The molecule has 0 aliphatic heterocycles. The Morgan fingerprint density at radius 1 is 1.42 bits per heavy atom. The maximum atomic E-state index is 4.01. The van der Waals surface area contributed by atoms with E-state index in [9.17, 15) is 0 Å². The molecule has 0 unspecified atom stereocenters. The van der Waals surface area contributed by atoms with Crippen molar-refractivity contribution in [1.82, 2.24) is 10.2 Å². The van der Waals surface area contributed by atoms with Crippen molar-refractivity contribution in [1.29, 1.82) is 0 Å². The minimum atomic E-state index is 1.12. The quantitative estimate of drug-likeness (QED) is 0.680. The highest BCUT2D eigenvalue weighted by Gasteiger charge is 2.03. The molecule has 62 valence electrons. The molecular weight excluding hydrogens is 168 g/mol. The third-order valence-electron chi connectivity index (χ3n) is 1.98. The molecule has 0 saturated heterocycles. The van der Waals surface area contributed by atoms with E-state index in [0.29, 0.717) is 0 Å². The lowest BCUT2D eigenvalue weighted by Crippen LogP contribution is -1.79. The van der Waals surface area contributed by atoms with E-state index in [4.69, 9.17) is 0 Å². The second-order valence-electron chi connectivity index (χ2n) is 2.75. The van der Waals surface area contributed by atoms with Crippen LogP contribution in [0.1, 0.15) is 5.56 Å². The molecule has 2 rings (SSSR count). The fourth-order valence-electron chi connectivity index (χ4n) is 1.37. The van der Waals surface area contributed by atoms with Crippen molar-refractivity contribution in [2.24, 2.45) is 0 Å². The first kappa shape index (κ1) is 7.68. The predicted molar refractivity (Wildman–Crippen MR) is 52.6 cm³/mol. The maximum absolute atomic E-state index is 4.01. The van der Waals surface area contributed by atoms with E-state index in [1.165, 1.54) is 15.8 Å². The SMILES string of the molecule is CSc1c(C)ccc2[nH]ncc12. The summed E-state index contributed by atoms with van der Waals surface area (Å²) in [7, 11) is 0. The van der Waals surface area contributed by atoms with Gasteiger partial charge in [0.15, 0.2) is 0 Å². The second kappa shape index (κ2) is 2.83. The van der Waals surface area contributed by atoms with Crippen LogP contribution in [-0.4, -0.2) is 16.5 Å². The molecule has 2 aromatic rings. The van der Waals surface area contributed by atoms with E-state index < -0.39 is 0 Å². The van der Waals surface area contributed by atoms with Gasteiger partial charge in [0.25, 0.3) is 0 Å². The molecule has 0 radical (unpaired) electrons. The minimum Gasteiger partial charge on any atom is -0.278 e. The summed E-state index contributed by atoms with van der Waals surface area (Å²) in [5, 5.41) is 8.20. The molecule has 0 atom stereocenters. The second-order valence-corrected chi connectivity index (χ2v) is 3.56. The van der Waals surface area contributed by atoms with Gasteiger partial charge in [0, 0.05) is 10.3 Å². The molecule has 0 amide bonds. The molecular formula is C9H10N2S. The molecule has 0 spiro atoms. The molecule has 1 N–H and O–H groups in total. The van der Waals surface area contributed by atoms with Gasteiger partial charge < -0.3 is 0 Å². The number of aryl methyl sites for hydroxylation is 1. The third kappa shape index (κ3) is 1.01. The van der Waals surface area contributed by atoms with Crippen LogP contribution in [0.4, 0.5) is 0 Å². The largest absolute Gasteiger partial charge is 0.278 e. The summed E-state index contributed by atoms with van der Waals surface area (Å²) in [6.07, 6.45) is 3.98. The topological polar surface area (TPSA) is 28.7 Å². The van der Waals surface area contributed by atoms with Crippen molar-refractivity contribution < 1.29 is 0 Å². The number of aromatic amines is 1. The van der Waals surface area contributed by atoms with E-state index in [2.05, 4.69) is 35.5 Å². The molecule has 1 heterocycles. The van der Waals surface area contributed by atoms with Crippen LogP contribution in [0.2, 0.25) is 0 Å². The molecule has 3 heteroatoms. The number of hydrogen-bond acceptors (Lipinski definition) is 2. The standard InChI is InChI=1S/C9H10N2S/c1-6-3-4-8-7(5-10-11-8)9(6)12-2/h3-5H,1-2H3,(H,10,11). The first-order valence-corrected chi connectivity index (χ1v) is 5.02. The van der Waals surface area contributed by atoms with Crippen molar-refractivity contribution in [3.8, 4) is 0 Å². The van der Waals surface area contributed by atoms with Gasteiger partial charge in [-0.1, -0.05) is 6.07 Å². The summed E-state index contributed by atoms with van der Waals surface area (Å²) in [6.45, 7) is 2.12. The number of nitrogens with zero attached hydrogens (tertiary/aromatic N) is 1. The van der Waals surface area contributed by atoms with Gasteiger partial charge in [-0.2, -0.15) is 5.10 Å². The first-order valence-electron chi connectivity index (χ1n) is 3.79. The summed E-state index contributed by atoms with van der Waals surface area (Å²) in [5.74, 6) is 0. The lowest BCUT2D eigenvalue weighted by Gasteiger charge is -2.01. The molecule has 1 aromatic heterocycles. The van der Waals surface area contributed by atoms with Crippen molar-refractivity contribution in [3.63, 3.8) is 0 Å². The predicted octanol–water partition coefficient (Wildman–Crippen LogP) is 2.59. The number of benzene rings is 1. The zero-order valence-corrected chi connectivity index (χ0v) is 7.90. The zero-order valence-electron chi connectivity index (χ0n) is 7.09. The Morgan fingerprint density at radius 2 is 2.25 bits per heavy atom. The molecule has 2 nitrogen and oxygen atoms in total. The highest BCUT2D eigenvalue weighted by Crippen LogP contribution is 2.27. The Balaban J connectivity index is 2.83. The van der Waals surface area contributed by atoms with Gasteiger partial charge in [-0.3, -0.25) is 5.10 Å². The van der Waals surface area contributed by atoms with Gasteiger partial charge in [-0.15, -0.1) is 11.8 Å². The number of rotatable bonds is 1. The van der Waals surface area contributed by atoms with Crippen LogP contribution in [0.25, 0.3) is 10.9 Å². The summed E-state index contributed by atoms with van der Waals surface area (Å²) < 4.78 is 0. The maximum Gasteiger partial charge on any atom is 0.0661 e. The molecule has 12 heavy (non-hydrogen) atoms. The van der Waals surface area contributed by atoms with Crippen molar-refractivity contribution in [2.45, 2.75) is 11.8 Å². The van der Waals surface area contributed by atoms with Gasteiger partial charge in [0.1, 0.15) is 0 Å². The fourth-order valence-corrected chi connectivity index (χ4v) is 2.14. The van der Waals surface area contributed by atoms with Gasteiger partial charge >= 0.3 is 0 Å². The Labute approximate surface area is 75.4 Å². The Morgan fingerprint density at radius 3 is 3.00 bits per heavy atom. The Kier molecular flexibility index (Phi) is 1.81. The summed E-state index contributed by atoms with van der Waals surface area (Å²) in [4.78, 5) is 1.32. The summed E-state index contributed by atoms with van der Waals surface area (Å²) in [5.41, 5.74) is 2.43. The summed E-state index contributed by atoms with van der Waals surface area (Å²) in [6, 6.07) is 4.18. The average Bonchev–Trinajstić information content (AvgIpc) is 2.52. The lowest BCUT2D eigenvalue weighted by molar-refractivity contribution is 1.12. The molecule has 0 fully saturated rings. The molecule has 0 bridgehead atoms. The van der Waals surface area contributed by atoms with Gasteiger partial charge in [0.2, 0.25) is 0 Å². The summed E-state index contributed by atoms with van der Waals surface area (Å²) >= 11 is 1.77. The van der Waals surface area contributed by atoms with E-state index in [-0.39, 0.29) is 0 Å². The monoisotopic (exact) mass is 178 g/mol. The van der Waals surface area contributed by atoms with Crippen LogP contribution in [0.15, 0.2) is 23.2 Å². The number of aromatic nitrogens is 2. The highest BCUT2D eigenvalue weighted by atomic mass is 32.2. The van der Waals surface area contributed by atoms with Crippen LogP contribution in [0.5, 0.6) is 0 Å². The average molecular weight is 178 g/mol. The van der Waals surface area contributed by atoms with E-state index in [1.807, 2.05) is 6.20 Å². The molecule has 0 aliphatic rings. The minimum absolute atomic E-state index is 1.12. The third-order valence-corrected chi connectivity index (χ3v) is 2.93. The van der Waals surface area contributed by atoms with Crippen molar-refractivity contribution >= 4 is 22.7 Å². The lowest BCUT2D eigenvalue weighted by atomic mass is 10.2. The molecule has 1 aromatic carbocycles. The number of nitrogens with one attached hydrogen (secondary N) is 1. The smallest absolute Gasteiger partial charge is 0.0661 e. The molecule has 0 aliphatic carbocycles. The highest BCUT2D eigenvalue weighted by molar-refractivity contribution is 7.98. The zero-order chi connectivity index (χ0) is 8.55. The normalized spacial score (nSPS) is 10.8. The van der Waals surface area contributed by atoms with Crippen molar-refractivity contribution in [2.75, 3.05) is 6.26 Å². The number of fused-ring (bicyclic) bond motifs is 1. The van der Waals surface area contributed by atoms with Crippen molar-refractivity contribution in [3.05, 3.63) is 23.9 Å². The number of thioether (sulfide) groups is 1. The van der Waals surface area contributed by atoms with Crippen LogP contribution in [0.3, 0.4) is 0 Å². The van der Waals surface area contributed by atoms with Crippen LogP contribution < -0.4 is 0 Å². The van der Waals surface area contributed by atoms with E-state index in [1.54, 1.807) is 11.8 Å². The number of H-pyrrole nitrogens is 1. The van der Waals surface area contributed by atoms with Crippen LogP contribution in [0, 0.1) is 6.92 Å². The Bertz CT molecular complexity index is 406. The van der Waals surface area contributed by atoms with Crippen LogP contribution in [-0.2, 0) is 0 Å². The Hall–Kier alpha value is -0.960. The van der Waals surface area contributed by atoms with Gasteiger partial charge in [-0.25, -0.2) is 0 Å². The first-order chi connectivity index (χ1) is 5.83. The van der Waals surface area contributed by atoms with Gasteiger partial charge in [0.05, 0.1) is 11.7 Å². The molecule has 0 saturated carbocycles. The van der Waals surface area contributed by atoms with Crippen LogP contribution >= 0.6 is 11.8 Å². The van der Waals surface area contributed by atoms with E-state index >= 15 is 0 Å². The van der Waals surface area contributed by atoms with Gasteiger partial charge in [-0.05, 0) is 24.8 Å². The van der Waals surface area contributed by atoms with E-state index in [0.717, 1.165) is 5.52 Å². The number of hydrogen-bond donors (Lipinski definition) is 1.